The van der Waals surface area contributed by atoms with E-state index in [1.807, 2.05) is 31.7 Å². The van der Waals surface area contributed by atoms with Crippen molar-refractivity contribution in [2.24, 2.45) is 5.92 Å². The second-order valence-electron chi connectivity index (χ2n) is 8.54. The van der Waals surface area contributed by atoms with Crippen LogP contribution in [0.25, 0.3) is 0 Å². The van der Waals surface area contributed by atoms with E-state index in [2.05, 4.69) is 53.8 Å². The summed E-state index contributed by atoms with van der Waals surface area (Å²) in [5.41, 5.74) is 3.09. The van der Waals surface area contributed by atoms with Crippen LogP contribution in [-0.4, -0.2) is 23.1 Å². The Hall–Kier alpha value is -2.49. The van der Waals surface area contributed by atoms with Gasteiger partial charge in [0.15, 0.2) is 0 Å². The van der Waals surface area contributed by atoms with Crippen molar-refractivity contribution in [2.45, 2.75) is 51.3 Å². The highest BCUT2D eigenvalue weighted by molar-refractivity contribution is 5.71. The number of likely N-dealkylation sites (tertiary alicyclic amines) is 1. The fraction of sp³-hybridized carbons (Fsp3) is 0.435. The number of hydrogen-bond acceptors (Lipinski definition) is 3. The Kier molecular flexibility index (Phi) is 4.58. The second-order valence-corrected chi connectivity index (χ2v) is 8.54. The molecule has 1 amide bonds. The maximum Gasteiger partial charge on any atom is 0.410 e. The molecule has 2 aromatic carbocycles. The number of ether oxygens (including phenoxy) is 1. The van der Waals surface area contributed by atoms with Crippen LogP contribution >= 0.6 is 0 Å². The van der Waals surface area contributed by atoms with Crippen LogP contribution in [0.4, 0.5) is 10.5 Å². The van der Waals surface area contributed by atoms with Gasteiger partial charge in [0.1, 0.15) is 5.60 Å². The molecule has 0 aliphatic carbocycles. The molecule has 0 radical (unpaired) electrons. The van der Waals surface area contributed by atoms with Crippen molar-refractivity contribution in [1.82, 2.24) is 4.90 Å². The lowest BCUT2D eigenvalue weighted by atomic mass is 9.74. The van der Waals surface area contributed by atoms with Crippen molar-refractivity contribution in [3.05, 3.63) is 65.7 Å². The molecule has 4 rings (SSSR count). The molecule has 1 unspecified atom stereocenters. The Morgan fingerprint density at radius 3 is 2.52 bits per heavy atom. The standard InChI is InChI=1S/C23H28N2O2/c1-23(2,3)27-22(26)25-15-9-13-18-20(16-10-5-4-6-11-16)24-19-14-8-7-12-17(19)21(18)25/h4-8,10-12,14,18,20-21,24H,9,13,15H2,1-3H3/t18-,20+,21?/m0/s1. The Balaban J connectivity index is 1.74. The first-order valence-electron chi connectivity index (χ1n) is 9.84. The topological polar surface area (TPSA) is 41.6 Å². The van der Waals surface area contributed by atoms with Gasteiger partial charge in [-0.1, -0.05) is 48.5 Å². The van der Waals surface area contributed by atoms with Crippen LogP contribution in [0.1, 0.15) is 56.8 Å². The summed E-state index contributed by atoms with van der Waals surface area (Å²) in [6, 6.07) is 19.2. The molecule has 0 spiro atoms. The highest BCUT2D eigenvalue weighted by Gasteiger charge is 2.45. The molecule has 0 saturated carbocycles. The highest BCUT2D eigenvalue weighted by Crippen LogP contribution is 2.50. The lowest BCUT2D eigenvalue weighted by Gasteiger charge is -2.48. The van der Waals surface area contributed by atoms with Crippen molar-refractivity contribution < 1.29 is 9.53 Å². The molecule has 4 heteroatoms. The van der Waals surface area contributed by atoms with Crippen LogP contribution in [0.15, 0.2) is 54.6 Å². The van der Waals surface area contributed by atoms with Crippen LogP contribution in [0.5, 0.6) is 0 Å². The third-order valence-electron chi connectivity index (χ3n) is 5.48. The molecule has 142 valence electrons. The normalized spacial score (nSPS) is 24.4. The van der Waals surface area contributed by atoms with E-state index in [4.69, 9.17) is 4.74 Å². The number of rotatable bonds is 1. The van der Waals surface area contributed by atoms with Gasteiger partial charge < -0.3 is 15.0 Å². The summed E-state index contributed by atoms with van der Waals surface area (Å²) in [6.45, 7) is 6.52. The van der Waals surface area contributed by atoms with Crippen LogP contribution in [0, 0.1) is 5.92 Å². The third-order valence-corrected chi connectivity index (χ3v) is 5.48. The largest absolute Gasteiger partial charge is 0.444 e. The molecular weight excluding hydrogens is 336 g/mol. The van der Waals surface area contributed by atoms with E-state index in [1.54, 1.807) is 0 Å². The van der Waals surface area contributed by atoms with Gasteiger partial charge in [-0.05, 0) is 50.8 Å². The van der Waals surface area contributed by atoms with E-state index in [1.165, 1.54) is 11.1 Å². The van der Waals surface area contributed by atoms with E-state index in [0.29, 0.717) is 5.92 Å². The first kappa shape index (κ1) is 17.9. The smallest absolute Gasteiger partial charge is 0.410 e. The molecule has 2 aliphatic rings. The summed E-state index contributed by atoms with van der Waals surface area (Å²) >= 11 is 0. The van der Waals surface area contributed by atoms with Gasteiger partial charge in [0.25, 0.3) is 0 Å². The summed E-state index contributed by atoms with van der Waals surface area (Å²) in [4.78, 5) is 15.0. The van der Waals surface area contributed by atoms with Crippen LogP contribution in [0.3, 0.4) is 0 Å². The third kappa shape index (κ3) is 3.53. The minimum atomic E-state index is -0.491. The van der Waals surface area contributed by atoms with E-state index in [0.717, 1.165) is 25.1 Å². The number of carbonyl (C=O) groups excluding carboxylic acids is 1. The minimum Gasteiger partial charge on any atom is -0.444 e. The molecule has 1 fully saturated rings. The zero-order valence-electron chi connectivity index (χ0n) is 16.3. The number of amides is 1. The van der Waals surface area contributed by atoms with Gasteiger partial charge in [-0.15, -0.1) is 0 Å². The quantitative estimate of drug-likeness (QED) is 0.722. The van der Waals surface area contributed by atoms with Gasteiger partial charge in [0.05, 0.1) is 12.1 Å². The summed E-state index contributed by atoms with van der Waals surface area (Å²) in [6.07, 6.45) is 1.87. The number of anilines is 1. The Bertz CT molecular complexity index is 813. The van der Waals surface area contributed by atoms with Gasteiger partial charge in [0, 0.05) is 18.2 Å². The number of para-hydroxylation sites is 1. The predicted molar refractivity (Wildman–Crippen MR) is 108 cm³/mol. The molecule has 0 bridgehead atoms. The average Bonchev–Trinajstić information content (AvgIpc) is 2.66. The number of benzene rings is 2. The van der Waals surface area contributed by atoms with Gasteiger partial charge in [-0.25, -0.2) is 4.79 Å². The molecule has 3 atom stereocenters. The fourth-order valence-electron chi connectivity index (χ4n) is 4.45. The van der Waals surface area contributed by atoms with Gasteiger partial charge in [-0.2, -0.15) is 0 Å². The monoisotopic (exact) mass is 364 g/mol. The lowest BCUT2D eigenvalue weighted by molar-refractivity contribution is -0.00379. The lowest BCUT2D eigenvalue weighted by Crippen LogP contribution is -2.49. The second kappa shape index (κ2) is 6.91. The van der Waals surface area contributed by atoms with Gasteiger partial charge in [-0.3, -0.25) is 0 Å². The number of piperidine rings is 1. The van der Waals surface area contributed by atoms with E-state index in [-0.39, 0.29) is 18.2 Å². The molecule has 2 aliphatic heterocycles. The summed E-state index contributed by atoms with van der Waals surface area (Å²) in [7, 11) is 0. The Morgan fingerprint density at radius 2 is 1.78 bits per heavy atom. The number of carbonyl (C=O) groups is 1. The molecule has 1 N–H and O–H groups in total. The minimum absolute atomic E-state index is 0.0382. The number of nitrogens with one attached hydrogen (secondary N) is 1. The molecule has 27 heavy (non-hydrogen) atoms. The molecule has 0 aromatic heterocycles. The zero-order valence-corrected chi connectivity index (χ0v) is 16.3. The Morgan fingerprint density at radius 1 is 1.07 bits per heavy atom. The van der Waals surface area contributed by atoms with Crippen molar-refractivity contribution in [3.8, 4) is 0 Å². The molecular formula is C23H28N2O2. The Labute approximate surface area is 161 Å². The maximum atomic E-state index is 13.0. The van der Waals surface area contributed by atoms with E-state index >= 15 is 0 Å². The van der Waals surface area contributed by atoms with Crippen molar-refractivity contribution >= 4 is 11.8 Å². The SMILES string of the molecule is CC(C)(C)OC(=O)N1CCC[C@@H]2C1c1ccccc1N[C@@H]2c1ccccc1. The zero-order chi connectivity index (χ0) is 19.0. The molecule has 2 aromatic rings. The number of nitrogens with zero attached hydrogens (tertiary/aromatic N) is 1. The number of fused-ring (bicyclic) bond motifs is 3. The van der Waals surface area contributed by atoms with E-state index < -0.39 is 5.60 Å². The first-order valence-corrected chi connectivity index (χ1v) is 9.84. The first-order chi connectivity index (χ1) is 12.9. The molecule has 4 nitrogen and oxygen atoms in total. The predicted octanol–water partition coefficient (Wildman–Crippen LogP) is 5.54. The average molecular weight is 364 g/mol. The summed E-state index contributed by atoms with van der Waals surface area (Å²) in [5, 5.41) is 3.74. The van der Waals surface area contributed by atoms with Gasteiger partial charge in [0.2, 0.25) is 0 Å². The molecule has 1 saturated heterocycles. The molecule has 2 heterocycles. The summed E-state index contributed by atoms with van der Waals surface area (Å²) in [5.74, 6) is 0.323. The maximum absolute atomic E-state index is 13.0. The highest BCUT2D eigenvalue weighted by atomic mass is 16.6. The van der Waals surface area contributed by atoms with Gasteiger partial charge >= 0.3 is 6.09 Å². The van der Waals surface area contributed by atoms with Crippen molar-refractivity contribution in [3.63, 3.8) is 0 Å². The number of hydrogen-bond donors (Lipinski definition) is 1. The van der Waals surface area contributed by atoms with Crippen molar-refractivity contribution in [2.75, 3.05) is 11.9 Å². The fourth-order valence-corrected chi connectivity index (χ4v) is 4.45. The summed E-state index contributed by atoms with van der Waals surface area (Å²) < 4.78 is 5.75. The van der Waals surface area contributed by atoms with Crippen LogP contribution < -0.4 is 5.32 Å². The van der Waals surface area contributed by atoms with Crippen LogP contribution in [0.2, 0.25) is 0 Å². The van der Waals surface area contributed by atoms with Crippen LogP contribution in [-0.2, 0) is 4.74 Å². The van der Waals surface area contributed by atoms with Crippen molar-refractivity contribution in [1.29, 1.82) is 0 Å². The van der Waals surface area contributed by atoms with E-state index in [9.17, 15) is 4.79 Å².